The second kappa shape index (κ2) is 5.83. The molecule has 1 aromatic rings. The van der Waals surface area contributed by atoms with E-state index in [1.165, 1.54) is 25.7 Å². The topological polar surface area (TPSA) is 38.0 Å². The maximum absolute atomic E-state index is 5.62. The van der Waals surface area contributed by atoms with Crippen molar-refractivity contribution in [2.45, 2.75) is 25.7 Å². The third kappa shape index (κ3) is 3.42. The van der Waals surface area contributed by atoms with Gasteiger partial charge in [-0.3, -0.25) is 0 Å². The number of anilines is 1. The van der Waals surface area contributed by atoms with E-state index < -0.39 is 0 Å². The van der Waals surface area contributed by atoms with Crippen LogP contribution in [0.2, 0.25) is 0 Å². The van der Waals surface area contributed by atoms with Crippen molar-refractivity contribution in [1.82, 2.24) is 0 Å². The molecule has 0 unspecified atom stereocenters. The number of benzene rings is 1. The molecule has 0 atom stereocenters. The zero-order valence-electron chi connectivity index (χ0n) is 9.71. The molecule has 0 radical (unpaired) electrons. The molecule has 2 nitrogen and oxygen atoms in total. The van der Waals surface area contributed by atoms with Crippen molar-refractivity contribution in [2.24, 2.45) is 11.7 Å². The van der Waals surface area contributed by atoms with Crippen LogP contribution in [0.5, 0.6) is 0 Å². The smallest absolute Gasteiger partial charge is 0.105 e. The Labute approximate surface area is 116 Å². The third-order valence-corrected chi connectivity index (χ3v) is 4.18. The summed E-state index contributed by atoms with van der Waals surface area (Å²) in [6.07, 6.45) is 5.49. The predicted molar refractivity (Wildman–Crippen MR) is 80.5 cm³/mol. The molecule has 0 amide bonds. The Morgan fingerprint density at radius 2 is 2.12 bits per heavy atom. The first-order valence-corrected chi connectivity index (χ1v) is 7.20. The molecule has 0 saturated heterocycles. The maximum atomic E-state index is 5.62. The maximum Gasteiger partial charge on any atom is 0.105 e. The van der Waals surface area contributed by atoms with E-state index in [2.05, 4.69) is 21.2 Å². The highest BCUT2D eigenvalue weighted by Gasteiger charge is 2.14. The van der Waals surface area contributed by atoms with Crippen LogP contribution in [0.3, 0.4) is 0 Å². The Kier molecular flexibility index (Phi) is 4.40. The lowest BCUT2D eigenvalue weighted by Crippen LogP contribution is -2.12. The van der Waals surface area contributed by atoms with E-state index in [1.807, 2.05) is 18.2 Å². The molecule has 0 bridgehead atoms. The van der Waals surface area contributed by atoms with Gasteiger partial charge in [-0.25, -0.2) is 0 Å². The van der Waals surface area contributed by atoms with Crippen LogP contribution in [0.4, 0.5) is 5.69 Å². The molecule has 0 heterocycles. The van der Waals surface area contributed by atoms with Crippen molar-refractivity contribution < 1.29 is 0 Å². The van der Waals surface area contributed by atoms with E-state index in [1.54, 1.807) is 0 Å². The second-order valence-corrected chi connectivity index (χ2v) is 5.88. The molecule has 4 heteroatoms. The minimum Gasteiger partial charge on any atom is -0.389 e. The zero-order chi connectivity index (χ0) is 12.3. The summed E-state index contributed by atoms with van der Waals surface area (Å²) in [4.78, 5) is 0.430. The Morgan fingerprint density at radius 1 is 1.41 bits per heavy atom. The average molecular weight is 313 g/mol. The molecular weight excluding hydrogens is 296 g/mol. The second-order valence-electron chi connectivity index (χ2n) is 4.59. The van der Waals surface area contributed by atoms with Crippen LogP contribution in [-0.4, -0.2) is 11.5 Å². The van der Waals surface area contributed by atoms with Crippen LogP contribution < -0.4 is 11.1 Å². The van der Waals surface area contributed by atoms with E-state index >= 15 is 0 Å². The van der Waals surface area contributed by atoms with Crippen LogP contribution in [-0.2, 0) is 0 Å². The van der Waals surface area contributed by atoms with Crippen LogP contribution in [0.15, 0.2) is 22.7 Å². The lowest BCUT2D eigenvalue weighted by molar-refractivity contribution is 0.580. The first kappa shape index (κ1) is 12.8. The zero-order valence-corrected chi connectivity index (χ0v) is 12.1. The number of hydrogen-bond donors (Lipinski definition) is 2. The lowest BCUT2D eigenvalue weighted by atomic mass is 10.1. The summed E-state index contributed by atoms with van der Waals surface area (Å²) in [5.74, 6) is 0.837. The van der Waals surface area contributed by atoms with Gasteiger partial charge in [0, 0.05) is 22.3 Å². The lowest BCUT2D eigenvalue weighted by Gasteiger charge is -2.13. The minimum absolute atomic E-state index is 0.430. The number of halogens is 1. The molecule has 0 aromatic heterocycles. The first-order chi connectivity index (χ1) is 8.16. The summed E-state index contributed by atoms with van der Waals surface area (Å²) in [5, 5.41) is 3.48. The summed E-state index contributed by atoms with van der Waals surface area (Å²) in [5.41, 5.74) is 7.64. The van der Waals surface area contributed by atoms with Gasteiger partial charge in [0.2, 0.25) is 0 Å². The van der Waals surface area contributed by atoms with Gasteiger partial charge in [0.25, 0.3) is 0 Å². The highest BCUT2D eigenvalue weighted by Crippen LogP contribution is 2.26. The van der Waals surface area contributed by atoms with Gasteiger partial charge >= 0.3 is 0 Å². The molecule has 0 aliphatic heterocycles. The molecule has 1 fully saturated rings. The van der Waals surface area contributed by atoms with E-state index in [4.69, 9.17) is 18.0 Å². The molecule has 1 aliphatic rings. The van der Waals surface area contributed by atoms with Gasteiger partial charge in [-0.2, -0.15) is 0 Å². The molecule has 17 heavy (non-hydrogen) atoms. The molecule has 0 spiro atoms. The fourth-order valence-electron chi connectivity index (χ4n) is 2.30. The molecule has 1 aliphatic carbocycles. The van der Waals surface area contributed by atoms with Gasteiger partial charge in [-0.15, -0.1) is 0 Å². The van der Waals surface area contributed by atoms with E-state index in [0.717, 1.165) is 28.2 Å². The predicted octanol–water partition coefficient (Wildman–Crippen LogP) is 3.69. The number of hydrogen-bond acceptors (Lipinski definition) is 2. The summed E-state index contributed by atoms with van der Waals surface area (Å²) < 4.78 is 0.960. The molecule has 2 rings (SSSR count). The minimum atomic E-state index is 0.430. The number of rotatable bonds is 4. The van der Waals surface area contributed by atoms with Crippen LogP contribution in [0, 0.1) is 5.92 Å². The van der Waals surface area contributed by atoms with E-state index in [0.29, 0.717) is 4.99 Å². The van der Waals surface area contributed by atoms with E-state index in [-0.39, 0.29) is 0 Å². The highest BCUT2D eigenvalue weighted by atomic mass is 79.9. The fraction of sp³-hybridized carbons (Fsp3) is 0.462. The fourth-order valence-corrected chi connectivity index (χ4v) is 3.20. The summed E-state index contributed by atoms with van der Waals surface area (Å²) in [6, 6.07) is 6.04. The summed E-state index contributed by atoms with van der Waals surface area (Å²) in [7, 11) is 0. The SMILES string of the molecule is NC(=S)c1ccc(NCC2CCCC2)cc1Br. The standard InChI is InChI=1S/C13H17BrN2S/c14-12-7-10(5-6-11(12)13(15)17)16-8-9-3-1-2-4-9/h5-7,9,16H,1-4,8H2,(H2,15,17). The van der Waals surface area contributed by atoms with Gasteiger partial charge < -0.3 is 11.1 Å². The van der Waals surface area contributed by atoms with Crippen LogP contribution in [0.1, 0.15) is 31.2 Å². The van der Waals surface area contributed by atoms with Crippen molar-refractivity contribution in [3.63, 3.8) is 0 Å². The van der Waals surface area contributed by atoms with Gasteiger partial charge in [0.15, 0.2) is 0 Å². The largest absolute Gasteiger partial charge is 0.389 e. The highest BCUT2D eigenvalue weighted by molar-refractivity contribution is 9.10. The van der Waals surface area contributed by atoms with Crippen molar-refractivity contribution >= 4 is 38.8 Å². The number of thiocarbonyl (C=S) groups is 1. The first-order valence-electron chi connectivity index (χ1n) is 6.00. The Hall–Kier alpha value is -0.610. The molecule has 3 N–H and O–H groups in total. The van der Waals surface area contributed by atoms with E-state index in [9.17, 15) is 0 Å². The number of nitrogens with one attached hydrogen (secondary N) is 1. The Bertz CT molecular complexity index is 414. The van der Waals surface area contributed by atoms with Crippen molar-refractivity contribution in [2.75, 3.05) is 11.9 Å². The Morgan fingerprint density at radius 3 is 2.71 bits per heavy atom. The third-order valence-electron chi connectivity index (χ3n) is 3.30. The van der Waals surface area contributed by atoms with Gasteiger partial charge in [0.1, 0.15) is 4.99 Å². The van der Waals surface area contributed by atoms with Gasteiger partial charge in [-0.05, 0) is 52.9 Å². The normalized spacial score (nSPS) is 16.1. The average Bonchev–Trinajstić information content (AvgIpc) is 2.78. The number of nitrogens with two attached hydrogens (primary N) is 1. The van der Waals surface area contributed by atoms with Gasteiger partial charge in [0.05, 0.1) is 0 Å². The molecular formula is C13H17BrN2S. The summed E-state index contributed by atoms with van der Waals surface area (Å²) >= 11 is 8.47. The van der Waals surface area contributed by atoms with Crippen molar-refractivity contribution in [3.05, 3.63) is 28.2 Å². The summed E-state index contributed by atoms with van der Waals surface area (Å²) in [6.45, 7) is 1.07. The quantitative estimate of drug-likeness (QED) is 0.833. The molecule has 92 valence electrons. The van der Waals surface area contributed by atoms with Crippen molar-refractivity contribution in [1.29, 1.82) is 0 Å². The van der Waals surface area contributed by atoms with Crippen LogP contribution in [0.25, 0.3) is 0 Å². The van der Waals surface area contributed by atoms with Crippen molar-refractivity contribution in [3.8, 4) is 0 Å². The Balaban J connectivity index is 1.97. The molecule has 1 saturated carbocycles. The molecule has 1 aromatic carbocycles. The monoisotopic (exact) mass is 312 g/mol. The van der Waals surface area contributed by atoms with Crippen LogP contribution >= 0.6 is 28.1 Å². The van der Waals surface area contributed by atoms with Gasteiger partial charge in [-0.1, -0.05) is 25.1 Å².